The molecule has 5 nitrogen and oxygen atoms in total. The number of hydrogen-bond donors (Lipinski definition) is 0. The molecule has 4 aromatic carbocycles. The molecule has 0 spiro atoms. The largest absolute Gasteiger partial charge is 0.434 e. The average Bonchev–Trinajstić information content (AvgIpc) is 3.53. The van der Waals surface area contributed by atoms with Crippen molar-refractivity contribution in [3.8, 4) is 22.6 Å². The number of rotatable bonds is 2. The summed E-state index contributed by atoms with van der Waals surface area (Å²) in [6.45, 7) is -0.0377. The predicted octanol–water partition coefficient (Wildman–Crippen LogP) is 6.56. The molecule has 2 aliphatic rings. The molecule has 0 radical (unpaired) electrons. The first-order chi connectivity index (χ1) is 17.9. The lowest BCUT2D eigenvalue weighted by Crippen LogP contribution is -2.55. The van der Waals surface area contributed by atoms with Crippen molar-refractivity contribution in [3.63, 3.8) is 0 Å². The molecule has 6 aromatic rings. The van der Waals surface area contributed by atoms with Crippen molar-refractivity contribution in [3.05, 3.63) is 115 Å². The van der Waals surface area contributed by atoms with E-state index in [1.54, 1.807) is 0 Å². The maximum atomic E-state index is 6.19. The standard InChI is InChI=1S/C30H19BN4O/c1-2-10-20(11-3-1)30-33-29-28(36-30)18-21(19-32-29)34-26-16-8-9-17-27(26)35-25-15-7-5-13-23(25)22-12-4-6-14-24(22)31(34)35/h1-19H. The maximum absolute atomic E-state index is 6.19. The molecule has 2 aromatic heterocycles. The van der Waals surface area contributed by atoms with Gasteiger partial charge in [0.25, 0.3) is 0 Å². The summed E-state index contributed by atoms with van der Waals surface area (Å²) >= 11 is 0. The molecule has 0 aliphatic carbocycles. The van der Waals surface area contributed by atoms with Gasteiger partial charge < -0.3 is 14.0 Å². The first-order valence-electron chi connectivity index (χ1n) is 12.0. The molecule has 0 amide bonds. The van der Waals surface area contributed by atoms with Gasteiger partial charge in [-0.3, -0.25) is 0 Å². The van der Waals surface area contributed by atoms with Gasteiger partial charge >= 0.3 is 6.98 Å². The van der Waals surface area contributed by atoms with Crippen LogP contribution in [-0.2, 0) is 0 Å². The van der Waals surface area contributed by atoms with Crippen molar-refractivity contribution < 1.29 is 4.42 Å². The van der Waals surface area contributed by atoms with Crippen molar-refractivity contribution in [2.24, 2.45) is 0 Å². The monoisotopic (exact) mass is 462 g/mol. The second-order valence-electron chi connectivity index (χ2n) is 9.11. The van der Waals surface area contributed by atoms with Gasteiger partial charge in [0.15, 0.2) is 11.2 Å². The number of oxazole rings is 1. The third-order valence-electron chi connectivity index (χ3n) is 7.11. The summed E-state index contributed by atoms with van der Waals surface area (Å²) in [6, 6.07) is 37.9. The number of fused-ring (bicyclic) bond motifs is 9. The molecule has 0 atom stereocenters. The molecule has 6 heteroatoms. The van der Waals surface area contributed by atoms with Gasteiger partial charge in [-0.25, -0.2) is 4.98 Å². The van der Waals surface area contributed by atoms with Crippen LogP contribution in [0.4, 0.5) is 22.7 Å². The van der Waals surface area contributed by atoms with Crippen LogP contribution in [0.2, 0.25) is 0 Å². The van der Waals surface area contributed by atoms with Crippen LogP contribution >= 0.6 is 0 Å². The van der Waals surface area contributed by atoms with Crippen LogP contribution in [0.25, 0.3) is 33.8 Å². The van der Waals surface area contributed by atoms with Crippen molar-refractivity contribution in [1.29, 1.82) is 0 Å². The summed E-state index contributed by atoms with van der Waals surface area (Å²) in [4.78, 5) is 14.2. The second-order valence-corrected chi connectivity index (χ2v) is 9.11. The van der Waals surface area contributed by atoms with Gasteiger partial charge in [0.2, 0.25) is 5.89 Å². The maximum Gasteiger partial charge on any atom is 0.421 e. The third-order valence-corrected chi connectivity index (χ3v) is 7.11. The fourth-order valence-electron chi connectivity index (χ4n) is 5.59. The molecular weight excluding hydrogens is 443 g/mol. The smallest absolute Gasteiger partial charge is 0.421 e. The van der Waals surface area contributed by atoms with Gasteiger partial charge in [0.1, 0.15) is 0 Å². The van der Waals surface area contributed by atoms with Gasteiger partial charge in [0.05, 0.1) is 23.3 Å². The minimum absolute atomic E-state index is 0.0377. The number of benzene rings is 4. The Morgan fingerprint density at radius 2 is 1.31 bits per heavy atom. The highest BCUT2D eigenvalue weighted by Gasteiger charge is 2.47. The van der Waals surface area contributed by atoms with E-state index in [-0.39, 0.29) is 6.98 Å². The van der Waals surface area contributed by atoms with E-state index >= 15 is 0 Å². The minimum Gasteiger partial charge on any atom is -0.434 e. The molecule has 0 fully saturated rings. The van der Waals surface area contributed by atoms with E-state index in [1.807, 2.05) is 36.5 Å². The van der Waals surface area contributed by atoms with Gasteiger partial charge in [0, 0.05) is 22.9 Å². The molecule has 8 rings (SSSR count). The summed E-state index contributed by atoms with van der Waals surface area (Å²) in [7, 11) is 0. The first-order valence-corrected chi connectivity index (χ1v) is 12.0. The van der Waals surface area contributed by atoms with Crippen LogP contribution in [0.3, 0.4) is 0 Å². The van der Waals surface area contributed by atoms with E-state index in [0.29, 0.717) is 17.1 Å². The van der Waals surface area contributed by atoms with E-state index < -0.39 is 0 Å². The Hall–Kier alpha value is -4.84. The second kappa shape index (κ2) is 7.33. The Kier molecular flexibility index (Phi) is 3.96. The Balaban J connectivity index is 1.34. The van der Waals surface area contributed by atoms with Crippen LogP contribution in [0, 0.1) is 0 Å². The van der Waals surface area contributed by atoms with Crippen LogP contribution in [-0.4, -0.2) is 17.0 Å². The van der Waals surface area contributed by atoms with Crippen molar-refractivity contribution in [2.75, 3.05) is 9.62 Å². The first kappa shape index (κ1) is 19.5. The zero-order valence-corrected chi connectivity index (χ0v) is 19.2. The lowest BCUT2D eigenvalue weighted by atomic mass is 9.59. The van der Waals surface area contributed by atoms with Crippen LogP contribution < -0.4 is 15.1 Å². The number of hydrogen-bond acceptors (Lipinski definition) is 5. The molecule has 4 heterocycles. The van der Waals surface area contributed by atoms with E-state index in [9.17, 15) is 0 Å². The van der Waals surface area contributed by atoms with Gasteiger partial charge in [-0.2, -0.15) is 4.98 Å². The Morgan fingerprint density at radius 1 is 0.639 bits per heavy atom. The molecule has 2 aliphatic heterocycles. The minimum atomic E-state index is -0.0377. The summed E-state index contributed by atoms with van der Waals surface area (Å²) in [5.41, 5.74) is 10.5. The summed E-state index contributed by atoms with van der Waals surface area (Å²) in [6.07, 6.45) is 1.91. The Bertz CT molecular complexity index is 1780. The highest BCUT2D eigenvalue weighted by Crippen LogP contribution is 2.50. The highest BCUT2D eigenvalue weighted by atomic mass is 16.3. The summed E-state index contributed by atoms with van der Waals surface area (Å²) in [5.74, 6) is 0.579. The zero-order chi connectivity index (χ0) is 23.6. The summed E-state index contributed by atoms with van der Waals surface area (Å²) in [5, 5.41) is 0. The number of anilines is 4. The normalized spacial score (nSPS) is 13.4. The van der Waals surface area contributed by atoms with Crippen LogP contribution in [0.15, 0.2) is 120 Å². The lowest BCUT2D eigenvalue weighted by Gasteiger charge is -2.36. The molecule has 0 unspecified atom stereocenters. The average molecular weight is 462 g/mol. The molecule has 0 N–H and O–H groups in total. The highest BCUT2D eigenvalue weighted by molar-refractivity contribution is 6.86. The molecule has 0 saturated heterocycles. The SMILES string of the molecule is c1ccc(-c2nc3ncc(N4B5c6ccccc6-c6ccccc6N5c5ccccc54)cc3o2)cc1. The molecule has 36 heavy (non-hydrogen) atoms. The van der Waals surface area contributed by atoms with E-state index in [2.05, 4.69) is 93.5 Å². The van der Waals surface area contributed by atoms with Crippen LogP contribution in [0.5, 0.6) is 0 Å². The fourth-order valence-corrected chi connectivity index (χ4v) is 5.59. The fraction of sp³-hybridized carbons (Fsp3) is 0. The van der Waals surface area contributed by atoms with Crippen molar-refractivity contribution in [2.45, 2.75) is 0 Å². The molecule has 0 saturated carbocycles. The Labute approximate surface area is 208 Å². The quantitative estimate of drug-likeness (QED) is 0.273. The van der Waals surface area contributed by atoms with Crippen molar-refractivity contribution in [1.82, 2.24) is 9.97 Å². The Morgan fingerprint density at radius 3 is 2.14 bits per heavy atom. The van der Waals surface area contributed by atoms with Crippen LogP contribution in [0.1, 0.15) is 0 Å². The van der Waals surface area contributed by atoms with Gasteiger partial charge in [-0.1, -0.05) is 72.8 Å². The zero-order valence-electron chi connectivity index (χ0n) is 19.2. The predicted molar refractivity (Wildman–Crippen MR) is 145 cm³/mol. The van der Waals surface area contributed by atoms with E-state index in [0.717, 1.165) is 16.9 Å². The molecular formula is C30H19BN4O. The van der Waals surface area contributed by atoms with E-state index in [1.165, 1.54) is 28.0 Å². The third kappa shape index (κ3) is 2.67. The number of para-hydroxylation sites is 3. The topological polar surface area (TPSA) is 45.4 Å². The van der Waals surface area contributed by atoms with E-state index in [4.69, 9.17) is 9.40 Å². The van der Waals surface area contributed by atoms with Gasteiger partial charge in [-0.05, 0) is 41.4 Å². The number of pyridine rings is 1. The molecule has 168 valence electrons. The summed E-state index contributed by atoms with van der Waals surface area (Å²) < 4.78 is 6.19. The van der Waals surface area contributed by atoms with Gasteiger partial charge in [-0.15, -0.1) is 0 Å². The number of aromatic nitrogens is 2. The molecule has 0 bridgehead atoms. The lowest BCUT2D eigenvalue weighted by molar-refractivity contribution is 0.620. The van der Waals surface area contributed by atoms with Crippen molar-refractivity contribution >= 4 is 46.4 Å². The number of nitrogens with zero attached hydrogens (tertiary/aromatic N) is 4.